The molecule has 0 saturated carbocycles. The van der Waals surface area contributed by atoms with Gasteiger partial charge >= 0.3 is 23.9 Å². The van der Waals surface area contributed by atoms with Crippen LogP contribution in [-0.4, -0.2) is 34.7 Å². The summed E-state index contributed by atoms with van der Waals surface area (Å²) >= 11 is 0. The van der Waals surface area contributed by atoms with Crippen LogP contribution in [0.15, 0.2) is 15.4 Å². The Bertz CT molecular complexity index is 383. The summed E-state index contributed by atoms with van der Waals surface area (Å²) in [4.78, 5) is 10.4. The van der Waals surface area contributed by atoms with Crippen molar-refractivity contribution in [1.29, 1.82) is 0 Å². The molecule has 1 heterocycles. The zero-order chi connectivity index (χ0) is 12.8. The molecule has 0 saturated heterocycles. The first kappa shape index (κ1) is 12.4. The van der Waals surface area contributed by atoms with E-state index < -0.39 is 29.6 Å². The fourth-order valence-corrected chi connectivity index (χ4v) is 0.972. The number of carboxylic acid groups (broad SMARTS) is 1. The van der Waals surface area contributed by atoms with E-state index in [2.05, 4.69) is 15.4 Å². The highest BCUT2D eigenvalue weighted by atomic mass is 19.4. The van der Waals surface area contributed by atoms with Crippen LogP contribution in [0.4, 0.5) is 26.3 Å². The Morgan fingerprint density at radius 1 is 1.19 bits per heavy atom. The lowest BCUT2D eigenvalue weighted by Gasteiger charge is -2.24. The molecule has 1 aliphatic rings. The van der Waals surface area contributed by atoms with Crippen molar-refractivity contribution in [2.75, 3.05) is 0 Å². The molecule has 0 aromatic heterocycles. The van der Waals surface area contributed by atoms with Crippen LogP contribution in [0.2, 0.25) is 0 Å². The maximum absolute atomic E-state index is 12.3. The van der Waals surface area contributed by atoms with Gasteiger partial charge in [0.15, 0.2) is 5.71 Å². The van der Waals surface area contributed by atoms with Gasteiger partial charge in [-0.05, 0) is 5.22 Å². The molecule has 0 radical (unpaired) electrons. The van der Waals surface area contributed by atoms with Gasteiger partial charge in [-0.3, -0.25) is 0 Å². The maximum Gasteiger partial charge on any atom is 0.434 e. The number of carboxylic acids is 1. The Morgan fingerprint density at radius 2 is 1.69 bits per heavy atom. The van der Waals surface area contributed by atoms with Crippen LogP contribution in [0.1, 0.15) is 0 Å². The van der Waals surface area contributed by atoms with E-state index in [9.17, 15) is 31.1 Å². The average Bonchev–Trinajstić information content (AvgIpc) is 2.44. The molecule has 0 spiro atoms. The minimum Gasteiger partial charge on any atom is -0.479 e. The molecule has 1 N–H and O–H groups in total. The molecule has 90 valence electrons. The number of hydrogen-bond acceptors (Lipinski definition) is 4. The fraction of sp³-hybridized carbons (Fsp3) is 0.600. The third-order valence-electron chi connectivity index (χ3n) is 1.67. The normalized spacial score (nSPS) is 25.8. The quantitative estimate of drug-likeness (QED) is 0.719. The molecule has 0 aromatic rings. The lowest BCUT2D eigenvalue weighted by molar-refractivity contribution is -0.192. The molecule has 1 atom stereocenters. The molecule has 0 aromatic carbocycles. The van der Waals surface area contributed by atoms with Gasteiger partial charge in [0.05, 0.1) is 0 Å². The van der Waals surface area contributed by atoms with E-state index in [1.807, 2.05) is 0 Å². The lowest BCUT2D eigenvalue weighted by Crippen LogP contribution is -2.59. The molecule has 0 fully saturated rings. The molecule has 1 rings (SSSR count). The van der Waals surface area contributed by atoms with Crippen LogP contribution in [0.3, 0.4) is 0 Å². The zero-order valence-corrected chi connectivity index (χ0v) is 6.96. The average molecular weight is 249 g/mol. The maximum atomic E-state index is 12.3. The van der Waals surface area contributed by atoms with Gasteiger partial charge in [0.2, 0.25) is 0 Å². The summed E-state index contributed by atoms with van der Waals surface area (Å²) in [5.74, 6) is -2.84. The van der Waals surface area contributed by atoms with E-state index in [4.69, 9.17) is 5.11 Å². The van der Waals surface area contributed by atoms with Crippen molar-refractivity contribution in [1.82, 2.24) is 0 Å². The monoisotopic (exact) mass is 249 g/mol. The molecule has 1 unspecified atom stereocenters. The van der Waals surface area contributed by atoms with Gasteiger partial charge in [-0.25, -0.2) is 4.79 Å². The van der Waals surface area contributed by atoms with Crippen LogP contribution in [0.5, 0.6) is 0 Å². The lowest BCUT2D eigenvalue weighted by atomic mass is 9.93. The van der Waals surface area contributed by atoms with Gasteiger partial charge in [0, 0.05) is 0 Å². The zero-order valence-electron chi connectivity index (χ0n) is 6.96. The van der Waals surface area contributed by atoms with E-state index in [1.165, 1.54) is 0 Å². The van der Waals surface area contributed by atoms with Gasteiger partial charge in [-0.2, -0.15) is 26.3 Å². The largest absolute Gasteiger partial charge is 0.479 e. The Morgan fingerprint density at radius 3 is 1.94 bits per heavy atom. The van der Waals surface area contributed by atoms with Crippen LogP contribution in [0.25, 0.3) is 0 Å². The first-order valence-corrected chi connectivity index (χ1v) is 3.41. The number of rotatable bonds is 1. The number of aliphatic carboxylic acids is 1. The minimum absolute atomic E-state index is 2.06. The van der Waals surface area contributed by atoms with Crippen molar-refractivity contribution in [3.05, 3.63) is 0 Å². The number of carbonyl (C=O) groups is 1. The SMILES string of the molecule is O=C(O)C1(C(F)(F)F)N=NN=C1C(F)(F)F. The predicted molar refractivity (Wildman–Crippen MR) is 34.8 cm³/mol. The summed E-state index contributed by atoms with van der Waals surface area (Å²) in [6.45, 7) is 0. The smallest absolute Gasteiger partial charge is 0.434 e. The van der Waals surface area contributed by atoms with Gasteiger partial charge in [0.1, 0.15) is 0 Å². The topological polar surface area (TPSA) is 74.4 Å². The van der Waals surface area contributed by atoms with Gasteiger partial charge in [-0.15, -0.1) is 10.2 Å². The molecular formula is C5HF6N3O2. The van der Waals surface area contributed by atoms with E-state index in [-0.39, 0.29) is 0 Å². The molecule has 0 bridgehead atoms. The molecule has 0 aliphatic carbocycles. The highest BCUT2D eigenvalue weighted by Gasteiger charge is 2.73. The summed E-state index contributed by atoms with van der Waals surface area (Å²) in [7, 11) is 0. The van der Waals surface area contributed by atoms with E-state index in [0.717, 1.165) is 0 Å². The predicted octanol–water partition coefficient (Wildman–Crippen LogP) is 1.76. The summed E-state index contributed by atoms with van der Waals surface area (Å²) < 4.78 is 73.4. The summed E-state index contributed by atoms with van der Waals surface area (Å²) in [5, 5.41) is 14.6. The highest BCUT2D eigenvalue weighted by molar-refractivity contribution is 6.14. The molecule has 5 nitrogen and oxygen atoms in total. The van der Waals surface area contributed by atoms with Crippen LogP contribution < -0.4 is 0 Å². The first-order valence-electron chi connectivity index (χ1n) is 3.41. The fourth-order valence-electron chi connectivity index (χ4n) is 0.972. The minimum atomic E-state index is -5.78. The number of halogens is 6. The van der Waals surface area contributed by atoms with Crippen molar-refractivity contribution in [3.8, 4) is 0 Å². The standard InChI is InChI=1S/C5HF6N3O2/c6-4(7,8)1-3(2(15)16,5(9,10)11)13-14-12-1/h(H,15,16). The van der Waals surface area contributed by atoms with Crippen molar-refractivity contribution >= 4 is 11.7 Å². The Hall–Kier alpha value is -1.68. The molecule has 1 aliphatic heterocycles. The Labute approximate surface area is 82.5 Å². The molecule has 16 heavy (non-hydrogen) atoms. The Balaban J connectivity index is 3.41. The summed E-state index contributed by atoms with van der Waals surface area (Å²) in [6, 6.07) is 0. The van der Waals surface area contributed by atoms with E-state index in [0.29, 0.717) is 0 Å². The second-order valence-corrected chi connectivity index (χ2v) is 2.65. The summed E-state index contributed by atoms with van der Waals surface area (Å²) in [5.41, 5.74) is -7.08. The molecule has 0 amide bonds. The number of alkyl halides is 6. The first-order chi connectivity index (χ1) is 7.03. The van der Waals surface area contributed by atoms with Crippen LogP contribution in [-0.2, 0) is 4.79 Å². The van der Waals surface area contributed by atoms with Gasteiger partial charge < -0.3 is 5.11 Å². The van der Waals surface area contributed by atoms with Crippen LogP contribution >= 0.6 is 0 Å². The number of hydrogen-bond donors (Lipinski definition) is 1. The van der Waals surface area contributed by atoms with Gasteiger partial charge in [-0.1, -0.05) is 0 Å². The molecule has 11 heteroatoms. The third kappa shape index (κ3) is 1.51. The van der Waals surface area contributed by atoms with Crippen LogP contribution in [0, 0.1) is 0 Å². The third-order valence-corrected chi connectivity index (χ3v) is 1.67. The van der Waals surface area contributed by atoms with Crippen molar-refractivity contribution < 1.29 is 36.2 Å². The second kappa shape index (κ2) is 3.15. The highest BCUT2D eigenvalue weighted by Crippen LogP contribution is 2.43. The van der Waals surface area contributed by atoms with E-state index in [1.54, 1.807) is 0 Å². The number of nitrogens with zero attached hydrogens (tertiary/aromatic N) is 3. The molecular weight excluding hydrogens is 248 g/mol. The van der Waals surface area contributed by atoms with Crippen molar-refractivity contribution in [3.63, 3.8) is 0 Å². The Kier molecular flexibility index (Phi) is 2.44. The second-order valence-electron chi connectivity index (χ2n) is 2.65. The van der Waals surface area contributed by atoms with Gasteiger partial charge in [0.25, 0.3) is 0 Å². The van der Waals surface area contributed by atoms with Crippen molar-refractivity contribution in [2.45, 2.75) is 17.9 Å². The van der Waals surface area contributed by atoms with E-state index >= 15 is 0 Å². The van der Waals surface area contributed by atoms with Crippen molar-refractivity contribution in [2.24, 2.45) is 15.4 Å². The summed E-state index contributed by atoms with van der Waals surface area (Å²) in [6.07, 6.45) is -11.4.